The Balaban J connectivity index is 1.59. The summed E-state index contributed by atoms with van der Waals surface area (Å²) in [7, 11) is -3.21. The Kier molecular flexibility index (Phi) is 6.88. The molecule has 0 saturated carbocycles. The normalized spacial score (nSPS) is 12.6. The minimum atomic E-state index is -3.21. The van der Waals surface area contributed by atoms with Crippen molar-refractivity contribution in [3.8, 4) is 28.0 Å². The predicted molar refractivity (Wildman–Crippen MR) is 117 cm³/mol. The van der Waals surface area contributed by atoms with Crippen LogP contribution in [0.15, 0.2) is 65.4 Å². The van der Waals surface area contributed by atoms with Gasteiger partial charge in [0.1, 0.15) is 11.9 Å². The lowest BCUT2D eigenvalue weighted by atomic mass is 10.0. The molecule has 1 aromatic heterocycles. The van der Waals surface area contributed by atoms with Crippen LogP contribution in [0.3, 0.4) is 0 Å². The Labute approximate surface area is 171 Å². The molecular weight excluding hydrogens is 390 g/mol. The number of rotatable bonds is 9. The molecule has 3 aromatic rings. The fourth-order valence-electron chi connectivity index (χ4n) is 2.87. The number of hydrogen-bond donors (Lipinski definition) is 1. The molecule has 1 unspecified atom stereocenters. The first-order valence-corrected chi connectivity index (χ1v) is 11.9. The van der Waals surface area contributed by atoms with Crippen molar-refractivity contribution in [3.63, 3.8) is 0 Å². The quantitative estimate of drug-likeness (QED) is 0.524. The van der Waals surface area contributed by atoms with Gasteiger partial charge in [-0.2, -0.15) is 11.3 Å². The summed E-state index contributed by atoms with van der Waals surface area (Å²) >= 11 is 1.70. The van der Waals surface area contributed by atoms with Crippen LogP contribution in [-0.2, 0) is 10.0 Å². The average Bonchev–Trinajstić information content (AvgIpc) is 3.22. The van der Waals surface area contributed by atoms with Gasteiger partial charge in [-0.15, -0.1) is 0 Å². The first-order chi connectivity index (χ1) is 13.5. The van der Waals surface area contributed by atoms with E-state index in [2.05, 4.69) is 45.8 Å². The third-order valence-corrected chi connectivity index (χ3v) is 6.56. The summed E-state index contributed by atoms with van der Waals surface area (Å²) < 4.78 is 31.8. The van der Waals surface area contributed by atoms with Crippen molar-refractivity contribution in [2.45, 2.75) is 26.4 Å². The Morgan fingerprint density at radius 3 is 2.04 bits per heavy atom. The second-order valence-corrected chi connectivity index (χ2v) is 9.42. The summed E-state index contributed by atoms with van der Waals surface area (Å²) in [5.74, 6) is 0.862. The van der Waals surface area contributed by atoms with Crippen LogP contribution in [0.25, 0.3) is 22.3 Å². The molecule has 2 aromatic carbocycles. The standard InChI is InChI=1S/C22H25NO3S2/c1-3-14-28(24,25)23-15-17(2)26-22-10-8-19(9-11-22)18-4-6-20(7-5-18)21-12-13-27-16-21/h4-13,16-17,23H,3,14-15H2,1-2H3. The third-order valence-electron chi connectivity index (χ3n) is 4.33. The second-order valence-electron chi connectivity index (χ2n) is 6.71. The molecule has 1 N–H and O–H groups in total. The van der Waals surface area contributed by atoms with E-state index in [-0.39, 0.29) is 18.4 Å². The van der Waals surface area contributed by atoms with E-state index in [0.29, 0.717) is 6.42 Å². The molecule has 1 atom stereocenters. The molecule has 0 aliphatic heterocycles. The zero-order valence-electron chi connectivity index (χ0n) is 16.1. The smallest absolute Gasteiger partial charge is 0.211 e. The zero-order valence-corrected chi connectivity index (χ0v) is 17.7. The van der Waals surface area contributed by atoms with Crippen LogP contribution in [0.5, 0.6) is 5.75 Å². The number of ether oxygens (including phenoxy) is 1. The Morgan fingerprint density at radius 2 is 1.50 bits per heavy atom. The summed E-state index contributed by atoms with van der Waals surface area (Å²) in [6, 6.07) is 18.5. The minimum Gasteiger partial charge on any atom is -0.489 e. The van der Waals surface area contributed by atoms with E-state index in [4.69, 9.17) is 4.74 Å². The molecular formula is C22H25NO3S2. The molecule has 1 heterocycles. The second kappa shape index (κ2) is 9.37. The van der Waals surface area contributed by atoms with Gasteiger partial charge in [-0.05, 0) is 64.6 Å². The maximum Gasteiger partial charge on any atom is 0.211 e. The maximum absolute atomic E-state index is 11.7. The highest BCUT2D eigenvalue weighted by atomic mass is 32.2. The topological polar surface area (TPSA) is 55.4 Å². The molecule has 0 amide bonds. The summed E-state index contributed by atoms with van der Waals surface area (Å²) in [6.45, 7) is 3.95. The molecule has 0 aliphatic rings. The van der Waals surface area contributed by atoms with Crippen molar-refractivity contribution in [1.29, 1.82) is 0 Å². The van der Waals surface area contributed by atoms with Crippen LogP contribution < -0.4 is 9.46 Å². The van der Waals surface area contributed by atoms with Crippen LogP contribution in [0.4, 0.5) is 0 Å². The molecule has 148 valence electrons. The number of hydrogen-bond acceptors (Lipinski definition) is 4. The van der Waals surface area contributed by atoms with Crippen LogP contribution >= 0.6 is 11.3 Å². The number of thiophene rings is 1. The van der Waals surface area contributed by atoms with Crippen LogP contribution in [0.1, 0.15) is 20.3 Å². The number of nitrogens with one attached hydrogen (secondary N) is 1. The van der Waals surface area contributed by atoms with Gasteiger partial charge in [0, 0.05) is 6.54 Å². The first kappa shape index (κ1) is 20.6. The van der Waals surface area contributed by atoms with Gasteiger partial charge in [0.25, 0.3) is 0 Å². The van der Waals surface area contributed by atoms with Crippen molar-refractivity contribution >= 4 is 21.4 Å². The molecule has 4 nitrogen and oxygen atoms in total. The lowest BCUT2D eigenvalue weighted by Crippen LogP contribution is -2.34. The highest BCUT2D eigenvalue weighted by molar-refractivity contribution is 7.89. The Bertz CT molecular complexity index is 964. The summed E-state index contributed by atoms with van der Waals surface area (Å²) in [5.41, 5.74) is 4.71. The lowest BCUT2D eigenvalue weighted by molar-refractivity contribution is 0.225. The Morgan fingerprint density at radius 1 is 0.929 bits per heavy atom. The van der Waals surface area contributed by atoms with Gasteiger partial charge in [0.05, 0.1) is 5.75 Å². The largest absolute Gasteiger partial charge is 0.489 e. The van der Waals surface area contributed by atoms with E-state index < -0.39 is 10.0 Å². The van der Waals surface area contributed by atoms with E-state index in [9.17, 15) is 8.42 Å². The van der Waals surface area contributed by atoms with Gasteiger partial charge >= 0.3 is 0 Å². The van der Waals surface area contributed by atoms with E-state index >= 15 is 0 Å². The molecule has 28 heavy (non-hydrogen) atoms. The van der Waals surface area contributed by atoms with Crippen LogP contribution in [-0.4, -0.2) is 26.8 Å². The average molecular weight is 416 g/mol. The van der Waals surface area contributed by atoms with Gasteiger partial charge in [0.2, 0.25) is 10.0 Å². The molecule has 0 aliphatic carbocycles. The minimum absolute atomic E-state index is 0.139. The van der Waals surface area contributed by atoms with E-state index in [1.165, 1.54) is 11.1 Å². The van der Waals surface area contributed by atoms with E-state index in [0.717, 1.165) is 16.9 Å². The highest BCUT2D eigenvalue weighted by Crippen LogP contribution is 2.27. The summed E-state index contributed by atoms with van der Waals surface area (Å²) in [6.07, 6.45) is 0.350. The van der Waals surface area contributed by atoms with E-state index in [1.54, 1.807) is 11.3 Å². The van der Waals surface area contributed by atoms with Crippen LogP contribution in [0.2, 0.25) is 0 Å². The predicted octanol–water partition coefficient (Wildman–Crippen LogP) is 5.18. The summed E-state index contributed by atoms with van der Waals surface area (Å²) in [5, 5.41) is 4.22. The lowest BCUT2D eigenvalue weighted by Gasteiger charge is -2.16. The third kappa shape index (κ3) is 5.67. The molecule has 0 radical (unpaired) electrons. The molecule has 0 fully saturated rings. The van der Waals surface area contributed by atoms with Gasteiger partial charge in [0.15, 0.2) is 0 Å². The molecule has 6 heteroatoms. The number of sulfonamides is 1. The Hall–Kier alpha value is -2.15. The van der Waals surface area contributed by atoms with Crippen molar-refractivity contribution in [2.75, 3.05) is 12.3 Å². The SMILES string of the molecule is CCCS(=O)(=O)NCC(C)Oc1ccc(-c2ccc(-c3ccsc3)cc2)cc1. The van der Waals surface area contributed by atoms with E-state index in [1.807, 2.05) is 38.1 Å². The summed E-state index contributed by atoms with van der Waals surface area (Å²) in [4.78, 5) is 0. The fraction of sp³-hybridized carbons (Fsp3) is 0.273. The van der Waals surface area contributed by atoms with Crippen molar-refractivity contribution < 1.29 is 13.2 Å². The number of benzene rings is 2. The molecule has 0 bridgehead atoms. The van der Waals surface area contributed by atoms with Crippen molar-refractivity contribution in [2.24, 2.45) is 0 Å². The fourth-order valence-corrected chi connectivity index (χ4v) is 4.70. The van der Waals surface area contributed by atoms with Crippen molar-refractivity contribution in [3.05, 3.63) is 65.4 Å². The van der Waals surface area contributed by atoms with Gasteiger partial charge in [-0.3, -0.25) is 0 Å². The van der Waals surface area contributed by atoms with Gasteiger partial charge in [-0.25, -0.2) is 13.1 Å². The molecule has 0 spiro atoms. The van der Waals surface area contributed by atoms with Crippen LogP contribution in [0, 0.1) is 0 Å². The monoisotopic (exact) mass is 415 g/mol. The molecule has 0 saturated heterocycles. The van der Waals surface area contributed by atoms with Crippen molar-refractivity contribution in [1.82, 2.24) is 4.72 Å². The highest BCUT2D eigenvalue weighted by Gasteiger charge is 2.12. The maximum atomic E-state index is 11.7. The molecule has 3 rings (SSSR count). The zero-order chi connectivity index (χ0) is 20.0. The van der Waals surface area contributed by atoms with Gasteiger partial charge < -0.3 is 4.74 Å². The van der Waals surface area contributed by atoms with Gasteiger partial charge in [-0.1, -0.05) is 43.3 Å². The first-order valence-electron chi connectivity index (χ1n) is 9.34.